The molecule has 1 aliphatic carbocycles. The van der Waals surface area contributed by atoms with Gasteiger partial charge in [-0.15, -0.1) is 0 Å². The van der Waals surface area contributed by atoms with E-state index in [0.717, 1.165) is 12.8 Å². The number of hydrogen-bond donors (Lipinski definition) is 0. The Morgan fingerprint density at radius 3 is 2.33 bits per heavy atom. The van der Waals surface area contributed by atoms with Gasteiger partial charge in [0.15, 0.2) is 6.20 Å². The molecule has 0 spiro atoms. The van der Waals surface area contributed by atoms with Gasteiger partial charge in [-0.3, -0.25) is 0 Å². The van der Waals surface area contributed by atoms with Crippen LogP contribution in [0.15, 0.2) is 36.5 Å². The molecule has 0 aliphatic heterocycles. The van der Waals surface area contributed by atoms with Gasteiger partial charge < -0.3 is 0 Å². The average Bonchev–Trinajstić information content (AvgIpc) is 2.55. The molecule has 1 fully saturated rings. The summed E-state index contributed by atoms with van der Waals surface area (Å²) in [6, 6.07) is 11.2. The van der Waals surface area contributed by atoms with Crippen LogP contribution < -0.4 is 4.57 Å². The molecule has 1 aliphatic rings. The maximum absolute atomic E-state index is 8.86. The molecule has 1 aromatic carbocycles. The van der Waals surface area contributed by atoms with Crippen LogP contribution in [0.4, 0.5) is 0 Å². The summed E-state index contributed by atoms with van der Waals surface area (Å²) in [5.41, 5.74) is 6.54. The number of nitrogens with zero attached hydrogens (tertiary/aromatic N) is 1. The van der Waals surface area contributed by atoms with E-state index in [1.54, 1.807) is 0 Å². The minimum atomic E-state index is -0.389. The van der Waals surface area contributed by atoms with Crippen molar-refractivity contribution in [2.24, 2.45) is 7.05 Å². The SMILES string of the molecule is [2H]C1(c2ccc(-c3ccc(C(C)(C)C)cc3C)[n+](C)c2)CCCCC1. The van der Waals surface area contributed by atoms with E-state index in [0.29, 0.717) is 0 Å². The molecule has 0 unspecified atom stereocenters. The topological polar surface area (TPSA) is 3.88 Å². The smallest absolute Gasteiger partial charge is 0.201 e. The van der Waals surface area contributed by atoms with Crippen molar-refractivity contribution in [3.63, 3.8) is 0 Å². The first-order valence-electron chi connectivity index (χ1n) is 9.82. The molecular formula is C23H32N+. The highest BCUT2D eigenvalue weighted by Gasteiger charge is 2.21. The van der Waals surface area contributed by atoms with Crippen LogP contribution in [0.25, 0.3) is 11.3 Å². The first-order chi connectivity index (χ1) is 11.7. The third kappa shape index (κ3) is 3.55. The monoisotopic (exact) mass is 323 g/mol. The van der Waals surface area contributed by atoms with E-state index in [4.69, 9.17) is 1.37 Å². The summed E-state index contributed by atoms with van der Waals surface area (Å²) in [4.78, 5) is 0. The number of rotatable bonds is 2. The lowest BCUT2D eigenvalue weighted by atomic mass is 9.84. The summed E-state index contributed by atoms with van der Waals surface area (Å²) in [6.45, 7) is 8.97. The van der Waals surface area contributed by atoms with Gasteiger partial charge in [0.2, 0.25) is 5.69 Å². The lowest BCUT2D eigenvalue weighted by Gasteiger charge is -2.21. The zero-order chi connectivity index (χ0) is 18.2. The summed E-state index contributed by atoms with van der Waals surface area (Å²) in [5, 5.41) is 0. The molecule has 0 radical (unpaired) electrons. The summed E-state index contributed by atoms with van der Waals surface area (Å²) in [7, 11) is 2.11. The minimum absolute atomic E-state index is 0.175. The summed E-state index contributed by atoms with van der Waals surface area (Å²) < 4.78 is 11.1. The summed E-state index contributed by atoms with van der Waals surface area (Å²) >= 11 is 0. The molecule has 1 nitrogen and oxygen atoms in total. The van der Waals surface area contributed by atoms with E-state index in [9.17, 15) is 0 Å². The molecule has 0 saturated heterocycles. The number of pyridine rings is 1. The maximum atomic E-state index is 8.86. The Kier molecular flexibility index (Phi) is 4.43. The van der Waals surface area contributed by atoms with E-state index in [1.807, 2.05) is 0 Å². The molecule has 1 aromatic heterocycles. The highest BCUT2D eigenvalue weighted by molar-refractivity contribution is 5.62. The first-order valence-corrected chi connectivity index (χ1v) is 9.32. The van der Waals surface area contributed by atoms with E-state index < -0.39 is 0 Å². The quantitative estimate of drug-likeness (QED) is 0.612. The van der Waals surface area contributed by atoms with Crippen molar-refractivity contribution in [1.29, 1.82) is 0 Å². The Bertz CT molecular complexity index is 764. The van der Waals surface area contributed by atoms with Crippen molar-refractivity contribution in [2.75, 3.05) is 0 Å². The zero-order valence-electron chi connectivity index (χ0n) is 16.9. The molecule has 0 atom stereocenters. The molecule has 128 valence electrons. The normalized spacial score (nSPS) is 18.3. The number of hydrogen-bond acceptors (Lipinski definition) is 0. The predicted octanol–water partition coefficient (Wildman–Crippen LogP) is 5.83. The second-order valence-corrected chi connectivity index (χ2v) is 8.36. The van der Waals surface area contributed by atoms with Crippen LogP contribution in [-0.2, 0) is 12.5 Å². The third-order valence-electron chi connectivity index (χ3n) is 5.37. The van der Waals surface area contributed by atoms with Crippen molar-refractivity contribution in [2.45, 2.75) is 71.1 Å². The number of aryl methyl sites for hydroxylation is 2. The summed E-state index contributed by atoms with van der Waals surface area (Å²) in [5.74, 6) is -0.389. The van der Waals surface area contributed by atoms with Gasteiger partial charge in [-0.25, -0.2) is 4.57 Å². The largest absolute Gasteiger partial charge is 0.212 e. The fourth-order valence-electron chi connectivity index (χ4n) is 3.78. The van der Waals surface area contributed by atoms with Gasteiger partial charge in [0.25, 0.3) is 0 Å². The molecule has 3 rings (SSSR count). The van der Waals surface area contributed by atoms with E-state index in [1.165, 1.54) is 47.2 Å². The van der Waals surface area contributed by atoms with Crippen LogP contribution in [0.1, 0.15) is 76.8 Å². The average molecular weight is 324 g/mol. The van der Waals surface area contributed by atoms with Crippen LogP contribution in [0.5, 0.6) is 0 Å². The molecule has 0 bridgehead atoms. The highest BCUT2D eigenvalue weighted by atomic mass is 14.9. The van der Waals surface area contributed by atoms with Gasteiger partial charge in [-0.2, -0.15) is 0 Å². The molecule has 1 heteroatoms. The van der Waals surface area contributed by atoms with Crippen LogP contribution >= 0.6 is 0 Å². The van der Waals surface area contributed by atoms with Crippen LogP contribution in [0.3, 0.4) is 0 Å². The van der Waals surface area contributed by atoms with E-state index in [-0.39, 0.29) is 11.3 Å². The van der Waals surface area contributed by atoms with Crippen molar-refractivity contribution < 1.29 is 5.94 Å². The lowest BCUT2D eigenvalue weighted by Crippen LogP contribution is -2.32. The Labute approximate surface area is 149 Å². The van der Waals surface area contributed by atoms with Gasteiger partial charge in [-0.05, 0) is 54.3 Å². The molecule has 24 heavy (non-hydrogen) atoms. The van der Waals surface area contributed by atoms with Gasteiger partial charge in [0, 0.05) is 18.6 Å². The van der Waals surface area contributed by atoms with E-state index >= 15 is 0 Å². The van der Waals surface area contributed by atoms with Crippen molar-refractivity contribution in [3.8, 4) is 11.3 Å². The fraction of sp³-hybridized carbons (Fsp3) is 0.522. The standard InChI is InChI=1S/C23H32N/c1-17-15-20(23(2,3)4)12-13-21(17)22-14-11-19(16-24(22)5)18-9-7-6-8-10-18/h11-16,18H,6-10H2,1-5H3/q+1/i18D. The van der Waals surface area contributed by atoms with Crippen LogP contribution in [-0.4, -0.2) is 0 Å². The molecule has 1 heterocycles. The second kappa shape index (κ2) is 6.70. The van der Waals surface area contributed by atoms with Crippen molar-refractivity contribution in [1.82, 2.24) is 0 Å². The molecule has 1 saturated carbocycles. The molecule has 2 aromatic rings. The molecule has 0 N–H and O–H groups in total. The van der Waals surface area contributed by atoms with Crippen molar-refractivity contribution in [3.05, 3.63) is 53.2 Å². The maximum Gasteiger partial charge on any atom is 0.212 e. The first kappa shape index (κ1) is 15.9. The lowest BCUT2D eigenvalue weighted by molar-refractivity contribution is -0.660. The molecular weight excluding hydrogens is 290 g/mol. The van der Waals surface area contributed by atoms with Gasteiger partial charge in [0.05, 0.1) is 0 Å². The predicted molar refractivity (Wildman–Crippen MR) is 102 cm³/mol. The van der Waals surface area contributed by atoms with Crippen LogP contribution in [0.2, 0.25) is 0 Å². The van der Waals surface area contributed by atoms with E-state index in [2.05, 4.69) is 75.8 Å². The highest BCUT2D eigenvalue weighted by Crippen LogP contribution is 2.33. The van der Waals surface area contributed by atoms with Crippen LogP contribution in [0, 0.1) is 6.92 Å². The van der Waals surface area contributed by atoms with Gasteiger partial charge in [-0.1, -0.05) is 52.2 Å². The number of aromatic nitrogens is 1. The molecule has 0 amide bonds. The zero-order valence-corrected chi connectivity index (χ0v) is 15.9. The number of benzene rings is 1. The Hall–Kier alpha value is -1.63. The Morgan fingerprint density at radius 2 is 1.75 bits per heavy atom. The Balaban J connectivity index is 1.96. The third-order valence-corrected chi connectivity index (χ3v) is 5.37. The fourth-order valence-corrected chi connectivity index (χ4v) is 3.78. The minimum Gasteiger partial charge on any atom is -0.201 e. The van der Waals surface area contributed by atoms with Gasteiger partial charge in [0.1, 0.15) is 7.05 Å². The van der Waals surface area contributed by atoms with Crippen molar-refractivity contribution >= 4 is 0 Å². The summed E-state index contributed by atoms with van der Waals surface area (Å²) in [6.07, 6.45) is 7.82. The van der Waals surface area contributed by atoms with Gasteiger partial charge >= 0.3 is 0 Å². The second-order valence-electron chi connectivity index (χ2n) is 8.36. The Morgan fingerprint density at radius 1 is 1.04 bits per heavy atom.